The van der Waals surface area contributed by atoms with E-state index in [1.54, 1.807) is 7.11 Å². The molecule has 0 bridgehead atoms. The van der Waals surface area contributed by atoms with Gasteiger partial charge < -0.3 is 14.8 Å². The first kappa shape index (κ1) is 13.9. The van der Waals surface area contributed by atoms with E-state index >= 15 is 0 Å². The monoisotopic (exact) mass is 229 g/mol. The zero-order valence-corrected chi connectivity index (χ0v) is 11.0. The first-order valence-electron chi connectivity index (χ1n) is 6.59. The zero-order valence-electron chi connectivity index (χ0n) is 11.0. The molecule has 1 aliphatic rings. The topological polar surface area (TPSA) is 30.5 Å². The van der Waals surface area contributed by atoms with E-state index in [0.29, 0.717) is 18.8 Å². The van der Waals surface area contributed by atoms with Crippen LogP contribution < -0.4 is 5.32 Å². The van der Waals surface area contributed by atoms with Crippen molar-refractivity contribution in [2.24, 2.45) is 0 Å². The summed E-state index contributed by atoms with van der Waals surface area (Å²) in [4.78, 5) is 0. The molecule has 0 saturated heterocycles. The van der Waals surface area contributed by atoms with Gasteiger partial charge in [-0.1, -0.05) is 25.7 Å². The number of methoxy groups -OCH3 is 1. The molecule has 0 amide bonds. The third kappa shape index (κ3) is 4.81. The van der Waals surface area contributed by atoms with E-state index in [1.165, 1.54) is 38.5 Å². The van der Waals surface area contributed by atoms with Crippen LogP contribution in [0.4, 0.5) is 0 Å². The fourth-order valence-corrected chi connectivity index (χ4v) is 2.52. The summed E-state index contributed by atoms with van der Waals surface area (Å²) < 4.78 is 11.2. The first-order valence-corrected chi connectivity index (χ1v) is 6.59. The van der Waals surface area contributed by atoms with Crippen LogP contribution >= 0.6 is 0 Å². The van der Waals surface area contributed by atoms with E-state index in [2.05, 4.69) is 12.2 Å². The smallest absolute Gasteiger partial charge is 0.0784 e. The minimum Gasteiger partial charge on any atom is -0.382 e. The van der Waals surface area contributed by atoms with Crippen molar-refractivity contribution in [3.63, 3.8) is 0 Å². The van der Waals surface area contributed by atoms with Gasteiger partial charge in [0.1, 0.15) is 0 Å². The molecule has 3 heteroatoms. The number of likely N-dealkylation sites (N-methyl/N-ethyl adjacent to an activating group) is 1. The van der Waals surface area contributed by atoms with E-state index in [0.717, 1.165) is 0 Å². The molecule has 0 heterocycles. The SMILES string of the molecule is CNC1CCCCCCC1OC(C)COC. The molecule has 0 radical (unpaired) electrons. The molecule has 3 unspecified atom stereocenters. The Morgan fingerprint density at radius 3 is 2.50 bits per heavy atom. The van der Waals surface area contributed by atoms with E-state index < -0.39 is 0 Å². The number of hydrogen-bond donors (Lipinski definition) is 1. The molecule has 1 N–H and O–H groups in total. The normalized spacial score (nSPS) is 29.4. The number of rotatable bonds is 5. The number of ether oxygens (including phenoxy) is 2. The molecule has 0 aromatic carbocycles. The maximum Gasteiger partial charge on any atom is 0.0784 e. The molecular formula is C13H27NO2. The Labute approximate surface area is 99.9 Å². The summed E-state index contributed by atoms with van der Waals surface area (Å²) in [5.41, 5.74) is 0. The van der Waals surface area contributed by atoms with Crippen molar-refractivity contribution in [2.45, 2.75) is 63.7 Å². The highest BCUT2D eigenvalue weighted by molar-refractivity contribution is 4.79. The van der Waals surface area contributed by atoms with Gasteiger partial charge in [-0.15, -0.1) is 0 Å². The molecule has 0 aliphatic heterocycles. The van der Waals surface area contributed by atoms with Crippen molar-refractivity contribution < 1.29 is 9.47 Å². The van der Waals surface area contributed by atoms with Gasteiger partial charge in [0.2, 0.25) is 0 Å². The minimum absolute atomic E-state index is 0.199. The molecule has 0 aromatic rings. The molecule has 16 heavy (non-hydrogen) atoms. The Morgan fingerprint density at radius 2 is 1.88 bits per heavy atom. The largest absolute Gasteiger partial charge is 0.382 e. The third-order valence-electron chi connectivity index (χ3n) is 3.38. The van der Waals surface area contributed by atoms with Crippen LogP contribution in [-0.4, -0.2) is 39.0 Å². The Hall–Kier alpha value is -0.120. The lowest BCUT2D eigenvalue weighted by molar-refractivity contribution is -0.0592. The first-order chi connectivity index (χ1) is 7.77. The molecule has 3 nitrogen and oxygen atoms in total. The summed E-state index contributed by atoms with van der Waals surface area (Å²) in [5, 5.41) is 3.40. The molecular weight excluding hydrogens is 202 g/mol. The maximum absolute atomic E-state index is 6.08. The van der Waals surface area contributed by atoms with Crippen molar-refractivity contribution in [3.8, 4) is 0 Å². The maximum atomic E-state index is 6.08. The van der Waals surface area contributed by atoms with Crippen LogP contribution in [0.5, 0.6) is 0 Å². The van der Waals surface area contributed by atoms with Gasteiger partial charge in [0.15, 0.2) is 0 Å². The van der Waals surface area contributed by atoms with E-state index in [1.807, 2.05) is 7.05 Å². The Bertz CT molecular complexity index is 175. The van der Waals surface area contributed by atoms with E-state index in [4.69, 9.17) is 9.47 Å². The summed E-state index contributed by atoms with van der Waals surface area (Å²) in [5.74, 6) is 0. The van der Waals surface area contributed by atoms with Crippen LogP contribution in [-0.2, 0) is 9.47 Å². The summed E-state index contributed by atoms with van der Waals surface area (Å²) in [6.45, 7) is 2.78. The summed E-state index contributed by atoms with van der Waals surface area (Å²) >= 11 is 0. The van der Waals surface area contributed by atoms with Gasteiger partial charge in [-0.05, 0) is 26.8 Å². The van der Waals surface area contributed by atoms with Gasteiger partial charge in [0.25, 0.3) is 0 Å². The quantitative estimate of drug-likeness (QED) is 0.785. The standard InChI is InChI=1S/C13H27NO2/c1-11(10-15-3)16-13-9-7-5-4-6-8-12(13)14-2/h11-14H,4-10H2,1-3H3. The van der Waals surface area contributed by atoms with E-state index in [-0.39, 0.29) is 6.10 Å². The van der Waals surface area contributed by atoms with Gasteiger partial charge in [0, 0.05) is 13.2 Å². The second kappa shape index (κ2) is 8.04. The van der Waals surface area contributed by atoms with Crippen LogP contribution in [0, 0.1) is 0 Å². The fraction of sp³-hybridized carbons (Fsp3) is 1.00. The van der Waals surface area contributed by atoms with Crippen LogP contribution in [0.15, 0.2) is 0 Å². The molecule has 96 valence electrons. The van der Waals surface area contributed by atoms with Crippen LogP contribution in [0.3, 0.4) is 0 Å². The van der Waals surface area contributed by atoms with Crippen LogP contribution in [0.2, 0.25) is 0 Å². The molecule has 3 atom stereocenters. The van der Waals surface area contributed by atoms with Crippen LogP contribution in [0.1, 0.15) is 45.4 Å². The van der Waals surface area contributed by atoms with E-state index in [9.17, 15) is 0 Å². The van der Waals surface area contributed by atoms with Gasteiger partial charge in [-0.25, -0.2) is 0 Å². The van der Waals surface area contributed by atoms with Crippen molar-refractivity contribution in [1.82, 2.24) is 5.32 Å². The molecule has 1 rings (SSSR count). The van der Waals surface area contributed by atoms with Crippen molar-refractivity contribution in [1.29, 1.82) is 0 Å². The van der Waals surface area contributed by atoms with Gasteiger partial charge >= 0.3 is 0 Å². The lowest BCUT2D eigenvalue weighted by Gasteiger charge is -2.31. The summed E-state index contributed by atoms with van der Waals surface area (Å²) in [6.07, 6.45) is 8.32. The molecule has 1 saturated carbocycles. The zero-order chi connectivity index (χ0) is 11.8. The van der Waals surface area contributed by atoms with Gasteiger partial charge in [0.05, 0.1) is 18.8 Å². The lowest BCUT2D eigenvalue weighted by Crippen LogP contribution is -2.42. The van der Waals surface area contributed by atoms with Crippen LogP contribution in [0.25, 0.3) is 0 Å². The highest BCUT2D eigenvalue weighted by Crippen LogP contribution is 2.21. The van der Waals surface area contributed by atoms with Crippen molar-refractivity contribution >= 4 is 0 Å². The Kier molecular flexibility index (Phi) is 7.01. The number of hydrogen-bond acceptors (Lipinski definition) is 3. The highest BCUT2D eigenvalue weighted by atomic mass is 16.5. The second-order valence-electron chi connectivity index (χ2n) is 4.83. The number of nitrogens with one attached hydrogen (secondary N) is 1. The average molecular weight is 229 g/mol. The molecule has 0 spiro atoms. The second-order valence-corrected chi connectivity index (χ2v) is 4.83. The average Bonchev–Trinajstić information content (AvgIpc) is 2.23. The molecule has 1 fully saturated rings. The Balaban J connectivity index is 2.43. The third-order valence-corrected chi connectivity index (χ3v) is 3.38. The summed E-state index contributed by atoms with van der Waals surface area (Å²) in [7, 11) is 3.77. The lowest BCUT2D eigenvalue weighted by atomic mass is 9.94. The van der Waals surface area contributed by atoms with Gasteiger partial charge in [-0.3, -0.25) is 0 Å². The minimum atomic E-state index is 0.199. The predicted molar refractivity (Wildman–Crippen MR) is 66.8 cm³/mol. The summed E-state index contributed by atoms with van der Waals surface area (Å²) in [6, 6.07) is 0.514. The highest BCUT2D eigenvalue weighted by Gasteiger charge is 2.23. The predicted octanol–water partition coefficient (Wildman–Crippen LogP) is 2.35. The van der Waals surface area contributed by atoms with Crippen molar-refractivity contribution in [2.75, 3.05) is 20.8 Å². The molecule has 0 aromatic heterocycles. The van der Waals surface area contributed by atoms with Crippen molar-refractivity contribution in [3.05, 3.63) is 0 Å². The van der Waals surface area contributed by atoms with Gasteiger partial charge in [-0.2, -0.15) is 0 Å². The Morgan fingerprint density at radius 1 is 1.19 bits per heavy atom. The molecule has 1 aliphatic carbocycles. The fourth-order valence-electron chi connectivity index (χ4n) is 2.52.